The van der Waals surface area contributed by atoms with Crippen LogP contribution in [-0.4, -0.2) is 49.1 Å². The summed E-state index contributed by atoms with van der Waals surface area (Å²) >= 11 is 0. The number of para-hydroxylation sites is 1. The number of carbonyl (C=O) groups excluding carboxylic acids is 2. The molecule has 0 saturated carbocycles. The van der Waals surface area contributed by atoms with Crippen molar-refractivity contribution < 1.29 is 14.3 Å². The minimum Gasteiger partial charge on any atom is -0.378 e. The van der Waals surface area contributed by atoms with E-state index >= 15 is 0 Å². The zero-order valence-electron chi connectivity index (χ0n) is 11.7. The summed E-state index contributed by atoms with van der Waals surface area (Å²) in [5.74, 6) is -0.686. The first kappa shape index (κ1) is 15.4. The molecule has 0 aliphatic carbocycles. The third-order valence-electron chi connectivity index (χ3n) is 3.43. The van der Waals surface area contributed by atoms with E-state index in [2.05, 4.69) is 5.32 Å². The summed E-state index contributed by atoms with van der Waals surface area (Å²) in [5.41, 5.74) is 12.5. The quantitative estimate of drug-likeness (QED) is 0.662. The number of hydrogen-bond acceptors (Lipinski definition) is 5. The summed E-state index contributed by atoms with van der Waals surface area (Å²) in [5, 5.41) is 2.81. The van der Waals surface area contributed by atoms with Crippen LogP contribution < -0.4 is 16.8 Å². The summed E-state index contributed by atoms with van der Waals surface area (Å²) < 4.78 is 5.22. The lowest BCUT2D eigenvalue weighted by atomic mass is 10.1. The van der Waals surface area contributed by atoms with E-state index in [9.17, 15) is 9.59 Å². The Morgan fingerprint density at radius 3 is 2.86 bits per heavy atom. The molecule has 1 aromatic carbocycles. The molecule has 1 saturated heterocycles. The number of benzene rings is 1. The van der Waals surface area contributed by atoms with Crippen molar-refractivity contribution in [2.24, 2.45) is 11.5 Å². The monoisotopic (exact) mass is 292 g/mol. The molecule has 1 fully saturated rings. The number of ether oxygens (including phenoxy) is 1. The van der Waals surface area contributed by atoms with Crippen molar-refractivity contribution in [3.8, 4) is 0 Å². The Morgan fingerprint density at radius 2 is 2.14 bits per heavy atom. The van der Waals surface area contributed by atoms with Gasteiger partial charge in [0.25, 0.3) is 0 Å². The van der Waals surface area contributed by atoms with Gasteiger partial charge in [0, 0.05) is 18.8 Å². The maximum atomic E-state index is 12.1. The Bertz CT molecular complexity index is 521. The summed E-state index contributed by atoms with van der Waals surface area (Å²) in [7, 11) is 0. The smallest absolute Gasteiger partial charge is 0.238 e. The largest absolute Gasteiger partial charge is 0.378 e. The van der Waals surface area contributed by atoms with E-state index in [1.54, 1.807) is 11.0 Å². The molecule has 0 spiro atoms. The fraction of sp³-hybridized carbons (Fsp3) is 0.429. The number of primary amides is 1. The third-order valence-corrected chi connectivity index (χ3v) is 3.43. The second kappa shape index (κ2) is 7.16. The van der Waals surface area contributed by atoms with Crippen molar-refractivity contribution in [1.82, 2.24) is 4.90 Å². The number of nitrogens with two attached hydrogens (primary N) is 2. The molecular weight excluding hydrogens is 272 g/mol. The first-order valence-corrected chi connectivity index (χ1v) is 6.80. The molecule has 2 rings (SSSR count). The molecule has 7 heteroatoms. The molecule has 0 radical (unpaired) electrons. The Morgan fingerprint density at radius 1 is 1.38 bits per heavy atom. The van der Waals surface area contributed by atoms with Crippen LogP contribution >= 0.6 is 0 Å². The third kappa shape index (κ3) is 4.01. The lowest BCUT2D eigenvalue weighted by Crippen LogP contribution is -2.54. The van der Waals surface area contributed by atoms with Gasteiger partial charge in [0.1, 0.15) is 6.04 Å². The zero-order chi connectivity index (χ0) is 15.2. The maximum Gasteiger partial charge on any atom is 0.238 e. The van der Waals surface area contributed by atoms with E-state index < -0.39 is 11.9 Å². The standard InChI is InChI=1S/C14H20N4O3/c15-7-10-3-1-2-4-11(10)17-13(19)8-18-5-6-21-9-12(18)14(16)20/h1-4,12H,5-9,15H2,(H2,16,20)(H,17,19). The predicted molar refractivity (Wildman–Crippen MR) is 78.3 cm³/mol. The minimum atomic E-state index is -0.561. The van der Waals surface area contributed by atoms with Crippen molar-refractivity contribution in [2.45, 2.75) is 12.6 Å². The fourth-order valence-electron chi connectivity index (χ4n) is 2.28. The Balaban J connectivity index is 1.99. The van der Waals surface area contributed by atoms with Crippen LogP contribution in [-0.2, 0) is 20.9 Å². The van der Waals surface area contributed by atoms with E-state index in [0.29, 0.717) is 25.4 Å². The van der Waals surface area contributed by atoms with Crippen LogP contribution in [0.3, 0.4) is 0 Å². The molecular formula is C14H20N4O3. The van der Waals surface area contributed by atoms with Crippen LogP contribution in [0.1, 0.15) is 5.56 Å². The fourth-order valence-corrected chi connectivity index (χ4v) is 2.28. The molecule has 1 aliphatic heterocycles. The average Bonchev–Trinajstić information content (AvgIpc) is 2.48. The van der Waals surface area contributed by atoms with Gasteiger partial charge in [-0.2, -0.15) is 0 Å². The summed E-state index contributed by atoms with van der Waals surface area (Å²) in [6, 6.07) is 6.79. The lowest BCUT2D eigenvalue weighted by molar-refractivity contribution is -0.131. The molecule has 1 atom stereocenters. The highest BCUT2D eigenvalue weighted by Gasteiger charge is 2.29. The number of anilines is 1. The van der Waals surface area contributed by atoms with Gasteiger partial charge in [-0.15, -0.1) is 0 Å². The highest BCUT2D eigenvalue weighted by atomic mass is 16.5. The van der Waals surface area contributed by atoms with Gasteiger partial charge in [-0.3, -0.25) is 14.5 Å². The zero-order valence-corrected chi connectivity index (χ0v) is 11.7. The summed E-state index contributed by atoms with van der Waals surface area (Å²) in [6.07, 6.45) is 0. The Hall–Kier alpha value is -1.96. The van der Waals surface area contributed by atoms with Crippen LogP contribution in [0.15, 0.2) is 24.3 Å². The lowest BCUT2D eigenvalue weighted by Gasteiger charge is -2.32. The number of nitrogens with zero attached hydrogens (tertiary/aromatic N) is 1. The van der Waals surface area contributed by atoms with Gasteiger partial charge in [-0.1, -0.05) is 18.2 Å². The van der Waals surface area contributed by atoms with E-state index in [4.69, 9.17) is 16.2 Å². The second-order valence-electron chi connectivity index (χ2n) is 4.87. The van der Waals surface area contributed by atoms with Crippen LogP contribution in [0.5, 0.6) is 0 Å². The minimum absolute atomic E-state index is 0.0931. The van der Waals surface area contributed by atoms with Crippen molar-refractivity contribution in [1.29, 1.82) is 0 Å². The molecule has 1 unspecified atom stereocenters. The Labute approximate surface area is 123 Å². The van der Waals surface area contributed by atoms with E-state index in [0.717, 1.165) is 5.56 Å². The van der Waals surface area contributed by atoms with E-state index in [1.807, 2.05) is 18.2 Å². The van der Waals surface area contributed by atoms with Crippen LogP contribution in [0.25, 0.3) is 0 Å². The topological polar surface area (TPSA) is 111 Å². The van der Waals surface area contributed by atoms with Crippen molar-refractivity contribution >= 4 is 17.5 Å². The first-order chi connectivity index (χ1) is 10.1. The van der Waals surface area contributed by atoms with Gasteiger partial charge >= 0.3 is 0 Å². The van der Waals surface area contributed by atoms with Gasteiger partial charge < -0.3 is 21.5 Å². The van der Waals surface area contributed by atoms with Gasteiger partial charge in [-0.05, 0) is 11.6 Å². The number of carbonyl (C=O) groups is 2. The Kier molecular flexibility index (Phi) is 5.26. The maximum absolute atomic E-state index is 12.1. The molecule has 7 nitrogen and oxygen atoms in total. The highest BCUT2D eigenvalue weighted by Crippen LogP contribution is 2.14. The molecule has 1 aromatic rings. The second-order valence-corrected chi connectivity index (χ2v) is 4.87. The van der Waals surface area contributed by atoms with Crippen molar-refractivity contribution in [3.63, 3.8) is 0 Å². The number of hydrogen-bond donors (Lipinski definition) is 3. The van der Waals surface area contributed by atoms with Gasteiger partial charge in [-0.25, -0.2) is 0 Å². The van der Waals surface area contributed by atoms with Gasteiger partial charge in [0.15, 0.2) is 0 Å². The van der Waals surface area contributed by atoms with Gasteiger partial charge in [0.05, 0.1) is 19.8 Å². The van der Waals surface area contributed by atoms with Crippen LogP contribution in [0.4, 0.5) is 5.69 Å². The molecule has 0 aromatic heterocycles. The van der Waals surface area contributed by atoms with Crippen molar-refractivity contribution in [2.75, 3.05) is 31.6 Å². The van der Waals surface area contributed by atoms with Gasteiger partial charge in [0.2, 0.25) is 11.8 Å². The molecule has 1 heterocycles. The SMILES string of the molecule is NCc1ccccc1NC(=O)CN1CCOCC1C(N)=O. The van der Waals surface area contributed by atoms with Crippen LogP contribution in [0, 0.1) is 0 Å². The molecule has 114 valence electrons. The number of morpholine rings is 1. The summed E-state index contributed by atoms with van der Waals surface area (Å²) in [6.45, 7) is 1.64. The molecule has 21 heavy (non-hydrogen) atoms. The number of nitrogens with one attached hydrogen (secondary N) is 1. The normalized spacial score (nSPS) is 19.2. The first-order valence-electron chi connectivity index (χ1n) is 6.80. The summed E-state index contributed by atoms with van der Waals surface area (Å²) in [4.78, 5) is 25.2. The average molecular weight is 292 g/mol. The molecule has 0 bridgehead atoms. The van der Waals surface area contributed by atoms with Crippen molar-refractivity contribution in [3.05, 3.63) is 29.8 Å². The number of rotatable bonds is 5. The molecule has 1 aliphatic rings. The van der Waals surface area contributed by atoms with E-state index in [-0.39, 0.29) is 19.1 Å². The van der Waals surface area contributed by atoms with E-state index in [1.165, 1.54) is 0 Å². The molecule has 5 N–H and O–H groups in total. The number of amides is 2. The predicted octanol–water partition coefficient (Wildman–Crippen LogP) is -0.730. The highest BCUT2D eigenvalue weighted by molar-refractivity contribution is 5.93. The molecule has 2 amide bonds. The van der Waals surface area contributed by atoms with Crippen LogP contribution in [0.2, 0.25) is 0 Å².